The summed E-state index contributed by atoms with van der Waals surface area (Å²) in [5, 5.41) is 5.78. The third kappa shape index (κ3) is 4.77. The molecule has 6 nitrogen and oxygen atoms in total. The minimum Gasteiger partial charge on any atom is -0.350 e. The molecule has 4 rings (SSSR count). The van der Waals surface area contributed by atoms with Crippen LogP contribution in [0.25, 0.3) is 16.7 Å². The Morgan fingerprint density at radius 3 is 2.30 bits per heavy atom. The van der Waals surface area contributed by atoms with Crippen molar-refractivity contribution in [2.75, 3.05) is 5.32 Å². The molecule has 0 aliphatic carbocycles. The Hall–Kier alpha value is -4.00. The number of aromatic nitrogens is 2. The van der Waals surface area contributed by atoms with E-state index in [1.807, 2.05) is 25.3 Å². The molecule has 0 fully saturated rings. The number of imidazole rings is 1. The third-order valence-corrected chi connectivity index (χ3v) is 5.56. The predicted molar refractivity (Wildman–Crippen MR) is 127 cm³/mol. The number of amides is 2. The van der Waals surface area contributed by atoms with Crippen LogP contribution < -0.4 is 10.6 Å². The highest BCUT2D eigenvalue weighted by molar-refractivity contribution is 6.06. The molecule has 2 amide bonds. The molecule has 0 saturated carbocycles. The highest BCUT2D eigenvalue weighted by Gasteiger charge is 2.14. The standard InChI is InChI=1S/C26H25FN4O2/c1-4-16(2)28-25(32)18-5-10-21(11-6-18)30-26(33)19-7-14-23-24(15-19)31(17(3)29-23)22-12-8-20(27)9-13-22/h5-16H,4H2,1-3H3,(H,28,32)(H,30,33). The van der Waals surface area contributed by atoms with Gasteiger partial charge < -0.3 is 10.6 Å². The van der Waals surface area contributed by atoms with Gasteiger partial charge in [0.2, 0.25) is 0 Å². The summed E-state index contributed by atoms with van der Waals surface area (Å²) < 4.78 is 15.2. The number of anilines is 1. The van der Waals surface area contributed by atoms with Crippen molar-refractivity contribution in [3.8, 4) is 5.69 Å². The second kappa shape index (κ2) is 9.24. The van der Waals surface area contributed by atoms with Gasteiger partial charge in [-0.15, -0.1) is 0 Å². The molecule has 0 bridgehead atoms. The zero-order valence-corrected chi connectivity index (χ0v) is 18.7. The summed E-state index contributed by atoms with van der Waals surface area (Å²) in [6, 6.07) is 18.3. The zero-order valence-electron chi connectivity index (χ0n) is 18.7. The molecule has 1 unspecified atom stereocenters. The van der Waals surface area contributed by atoms with Gasteiger partial charge in [0.25, 0.3) is 11.8 Å². The smallest absolute Gasteiger partial charge is 0.255 e. The number of halogens is 1. The van der Waals surface area contributed by atoms with Gasteiger partial charge in [0.15, 0.2) is 0 Å². The van der Waals surface area contributed by atoms with Gasteiger partial charge >= 0.3 is 0 Å². The van der Waals surface area contributed by atoms with Crippen molar-refractivity contribution in [2.45, 2.75) is 33.2 Å². The average molecular weight is 445 g/mol. The lowest BCUT2D eigenvalue weighted by Gasteiger charge is -2.12. The summed E-state index contributed by atoms with van der Waals surface area (Å²) in [4.78, 5) is 29.7. The van der Waals surface area contributed by atoms with Crippen LogP contribution in [0.4, 0.5) is 10.1 Å². The van der Waals surface area contributed by atoms with Gasteiger partial charge in [-0.2, -0.15) is 0 Å². The van der Waals surface area contributed by atoms with Crippen LogP contribution in [-0.4, -0.2) is 27.4 Å². The second-order valence-corrected chi connectivity index (χ2v) is 7.99. The maximum atomic E-state index is 13.4. The van der Waals surface area contributed by atoms with E-state index in [1.165, 1.54) is 12.1 Å². The van der Waals surface area contributed by atoms with Gasteiger partial charge in [-0.1, -0.05) is 6.92 Å². The maximum absolute atomic E-state index is 13.4. The Morgan fingerprint density at radius 1 is 0.970 bits per heavy atom. The van der Waals surface area contributed by atoms with E-state index in [-0.39, 0.29) is 23.7 Å². The molecule has 0 aliphatic rings. The Balaban J connectivity index is 1.55. The molecular formula is C26H25FN4O2. The molecule has 33 heavy (non-hydrogen) atoms. The van der Waals surface area contributed by atoms with Gasteiger partial charge in [-0.25, -0.2) is 9.37 Å². The Morgan fingerprint density at radius 2 is 1.64 bits per heavy atom. The lowest BCUT2D eigenvalue weighted by molar-refractivity contribution is 0.0938. The molecule has 3 aromatic carbocycles. The largest absolute Gasteiger partial charge is 0.350 e. The van der Waals surface area contributed by atoms with E-state index < -0.39 is 0 Å². The SMILES string of the molecule is CCC(C)NC(=O)c1ccc(NC(=O)c2ccc3nc(C)n(-c4ccc(F)cc4)c3c2)cc1. The van der Waals surface area contributed by atoms with Crippen LogP contribution in [0.15, 0.2) is 66.7 Å². The van der Waals surface area contributed by atoms with Crippen LogP contribution in [0.5, 0.6) is 0 Å². The molecule has 7 heteroatoms. The van der Waals surface area contributed by atoms with Crippen LogP contribution in [0, 0.1) is 12.7 Å². The second-order valence-electron chi connectivity index (χ2n) is 7.99. The minimum atomic E-state index is -0.315. The molecule has 2 N–H and O–H groups in total. The van der Waals surface area contributed by atoms with Crippen molar-refractivity contribution in [1.29, 1.82) is 0 Å². The fourth-order valence-electron chi connectivity index (χ4n) is 3.57. The molecule has 0 saturated heterocycles. The van der Waals surface area contributed by atoms with E-state index in [0.717, 1.165) is 29.0 Å². The molecule has 168 valence electrons. The van der Waals surface area contributed by atoms with Gasteiger partial charge in [0.05, 0.1) is 11.0 Å². The molecule has 0 spiro atoms. The lowest BCUT2D eigenvalue weighted by Crippen LogP contribution is -2.31. The Bertz CT molecular complexity index is 1310. The monoisotopic (exact) mass is 444 g/mol. The maximum Gasteiger partial charge on any atom is 0.255 e. The number of benzene rings is 3. The van der Waals surface area contributed by atoms with Crippen molar-refractivity contribution in [3.63, 3.8) is 0 Å². The summed E-state index contributed by atoms with van der Waals surface area (Å²) in [5.41, 5.74) is 3.84. The van der Waals surface area contributed by atoms with Crippen LogP contribution in [0.3, 0.4) is 0 Å². The summed E-state index contributed by atoms with van der Waals surface area (Å²) in [7, 11) is 0. The van der Waals surface area contributed by atoms with E-state index in [4.69, 9.17) is 0 Å². The van der Waals surface area contributed by atoms with Gasteiger partial charge in [-0.3, -0.25) is 14.2 Å². The summed E-state index contributed by atoms with van der Waals surface area (Å²) in [5.74, 6) is 0.00000742. The number of nitrogens with one attached hydrogen (secondary N) is 2. The quantitative estimate of drug-likeness (QED) is 0.426. The van der Waals surface area contributed by atoms with E-state index in [1.54, 1.807) is 54.6 Å². The molecule has 4 aromatic rings. The molecular weight excluding hydrogens is 419 g/mol. The molecule has 1 atom stereocenters. The Kier molecular flexibility index (Phi) is 6.22. The number of rotatable bonds is 6. The summed E-state index contributed by atoms with van der Waals surface area (Å²) in [6.45, 7) is 5.82. The zero-order chi connectivity index (χ0) is 23.5. The average Bonchev–Trinajstić information content (AvgIpc) is 3.14. The first-order valence-corrected chi connectivity index (χ1v) is 10.8. The molecule has 0 radical (unpaired) electrons. The van der Waals surface area contributed by atoms with Crippen molar-refractivity contribution < 1.29 is 14.0 Å². The van der Waals surface area contributed by atoms with E-state index in [2.05, 4.69) is 15.6 Å². The van der Waals surface area contributed by atoms with Crippen LogP contribution in [-0.2, 0) is 0 Å². The van der Waals surface area contributed by atoms with E-state index in [9.17, 15) is 14.0 Å². The van der Waals surface area contributed by atoms with Crippen molar-refractivity contribution in [3.05, 3.63) is 89.5 Å². The molecule has 1 aromatic heterocycles. The van der Waals surface area contributed by atoms with Crippen LogP contribution in [0.2, 0.25) is 0 Å². The summed E-state index contributed by atoms with van der Waals surface area (Å²) >= 11 is 0. The first-order valence-electron chi connectivity index (χ1n) is 10.8. The lowest BCUT2D eigenvalue weighted by atomic mass is 10.1. The number of hydrogen-bond acceptors (Lipinski definition) is 3. The van der Waals surface area contributed by atoms with Crippen molar-refractivity contribution >= 4 is 28.5 Å². The number of carbonyl (C=O) groups excluding carboxylic acids is 2. The van der Waals surface area contributed by atoms with Crippen molar-refractivity contribution in [1.82, 2.24) is 14.9 Å². The van der Waals surface area contributed by atoms with Crippen molar-refractivity contribution in [2.24, 2.45) is 0 Å². The van der Waals surface area contributed by atoms with E-state index >= 15 is 0 Å². The first-order chi connectivity index (χ1) is 15.9. The highest BCUT2D eigenvalue weighted by atomic mass is 19.1. The van der Waals surface area contributed by atoms with E-state index in [0.29, 0.717) is 16.8 Å². The first kappa shape index (κ1) is 22.2. The third-order valence-electron chi connectivity index (χ3n) is 5.56. The Labute approximate surface area is 191 Å². The fourth-order valence-corrected chi connectivity index (χ4v) is 3.57. The topological polar surface area (TPSA) is 76.0 Å². The number of nitrogens with zero attached hydrogens (tertiary/aromatic N) is 2. The summed E-state index contributed by atoms with van der Waals surface area (Å²) in [6.07, 6.45) is 0.851. The number of aryl methyl sites for hydroxylation is 1. The highest BCUT2D eigenvalue weighted by Crippen LogP contribution is 2.23. The minimum absolute atomic E-state index is 0.0961. The predicted octanol–water partition coefficient (Wildman–Crippen LogP) is 5.25. The van der Waals surface area contributed by atoms with Crippen LogP contribution in [0.1, 0.15) is 46.8 Å². The molecule has 0 aliphatic heterocycles. The normalized spacial score (nSPS) is 11.9. The van der Waals surface area contributed by atoms with Gasteiger partial charge in [0, 0.05) is 28.5 Å². The fraction of sp³-hybridized carbons (Fsp3) is 0.192. The number of hydrogen-bond donors (Lipinski definition) is 2. The van der Waals surface area contributed by atoms with Crippen LogP contribution >= 0.6 is 0 Å². The van der Waals surface area contributed by atoms with Gasteiger partial charge in [0.1, 0.15) is 11.6 Å². The number of fused-ring (bicyclic) bond motifs is 1. The number of carbonyl (C=O) groups is 2. The van der Waals surface area contributed by atoms with Gasteiger partial charge in [-0.05, 0) is 87.0 Å². The molecule has 1 heterocycles.